The molecule has 1 fully saturated rings. The molecule has 0 radical (unpaired) electrons. The highest BCUT2D eigenvalue weighted by Crippen LogP contribution is 2.26. The van der Waals surface area contributed by atoms with Gasteiger partial charge in [-0.05, 0) is 46.3 Å². The summed E-state index contributed by atoms with van der Waals surface area (Å²) >= 11 is 3.34. The van der Waals surface area contributed by atoms with Crippen LogP contribution in [-0.4, -0.2) is 41.3 Å². The van der Waals surface area contributed by atoms with Crippen LogP contribution in [0.25, 0.3) is 0 Å². The maximum absolute atomic E-state index is 12.5. The lowest BCUT2D eigenvalue weighted by atomic mass is 10.2. The Morgan fingerprint density at radius 2 is 2.08 bits per heavy atom. The van der Waals surface area contributed by atoms with E-state index in [4.69, 9.17) is 4.74 Å². The van der Waals surface area contributed by atoms with E-state index >= 15 is 0 Å². The van der Waals surface area contributed by atoms with Crippen LogP contribution in [0.3, 0.4) is 0 Å². The van der Waals surface area contributed by atoms with Crippen LogP contribution in [0.2, 0.25) is 0 Å². The molecule has 1 aromatic heterocycles. The number of pyridine rings is 1. The van der Waals surface area contributed by atoms with Crippen molar-refractivity contribution in [1.29, 1.82) is 0 Å². The zero-order valence-electron chi connectivity index (χ0n) is 13.4. The molecule has 5 nitrogen and oxygen atoms in total. The maximum atomic E-state index is 12.5. The van der Waals surface area contributed by atoms with Gasteiger partial charge in [0.2, 0.25) is 5.88 Å². The fraction of sp³-hybridized carbons (Fsp3) is 0.294. The number of amides is 1. The van der Waals surface area contributed by atoms with Crippen LogP contribution in [0.4, 0.5) is 13.2 Å². The summed E-state index contributed by atoms with van der Waals surface area (Å²) in [7, 11) is 0. The van der Waals surface area contributed by atoms with Gasteiger partial charge in [-0.25, -0.2) is 4.98 Å². The van der Waals surface area contributed by atoms with Gasteiger partial charge in [0.15, 0.2) is 0 Å². The molecule has 9 heteroatoms. The molecule has 0 aliphatic carbocycles. The first-order valence-electron chi connectivity index (χ1n) is 7.74. The fourth-order valence-electron chi connectivity index (χ4n) is 2.63. The number of likely N-dealkylation sites (tertiary alicyclic amines) is 1. The summed E-state index contributed by atoms with van der Waals surface area (Å²) < 4.78 is 47.3. The van der Waals surface area contributed by atoms with Crippen molar-refractivity contribution in [3.63, 3.8) is 0 Å². The molecule has 0 bridgehead atoms. The Bertz CT molecular complexity index is 801. The van der Waals surface area contributed by atoms with E-state index in [0.29, 0.717) is 29.9 Å². The minimum Gasteiger partial charge on any atom is -0.472 e. The third kappa shape index (κ3) is 4.66. The van der Waals surface area contributed by atoms with Crippen molar-refractivity contribution >= 4 is 21.8 Å². The van der Waals surface area contributed by atoms with Crippen molar-refractivity contribution in [2.75, 3.05) is 13.1 Å². The molecule has 1 amide bonds. The Labute approximate surface area is 155 Å². The van der Waals surface area contributed by atoms with Gasteiger partial charge in [0.05, 0.1) is 11.0 Å². The van der Waals surface area contributed by atoms with Crippen molar-refractivity contribution in [2.24, 2.45) is 0 Å². The summed E-state index contributed by atoms with van der Waals surface area (Å²) in [4.78, 5) is 18.2. The predicted molar refractivity (Wildman–Crippen MR) is 90.0 cm³/mol. The molecule has 1 aliphatic rings. The van der Waals surface area contributed by atoms with E-state index in [1.165, 1.54) is 17.0 Å². The Balaban J connectivity index is 1.64. The lowest BCUT2D eigenvalue weighted by Gasteiger charge is -2.18. The number of ether oxygens (including phenoxy) is 2. The van der Waals surface area contributed by atoms with Gasteiger partial charge in [0, 0.05) is 24.7 Å². The molecule has 3 rings (SSSR count). The predicted octanol–water partition coefficient (Wildman–Crippen LogP) is 4.04. The number of benzene rings is 1. The second-order valence-corrected chi connectivity index (χ2v) is 6.50. The molecule has 1 aliphatic heterocycles. The van der Waals surface area contributed by atoms with Crippen molar-refractivity contribution in [3.05, 3.63) is 52.6 Å². The Hall–Kier alpha value is -2.29. The standard InChI is InChI=1S/C17H14BrF3N2O3/c18-14-5-2-7-22-15(14)25-13-6-8-23(10-13)16(24)11-3-1-4-12(9-11)26-17(19,20)21/h1-5,7,9,13H,6,8,10H2. The van der Waals surface area contributed by atoms with Gasteiger partial charge in [0.25, 0.3) is 5.91 Å². The molecule has 2 heterocycles. The SMILES string of the molecule is O=C(c1cccc(OC(F)(F)F)c1)N1CCC(Oc2ncccc2Br)C1. The van der Waals surface area contributed by atoms with Gasteiger partial charge in [-0.2, -0.15) is 0 Å². The first-order valence-corrected chi connectivity index (χ1v) is 8.53. The molecule has 0 spiro atoms. The molecule has 2 aromatic rings. The van der Waals surface area contributed by atoms with Crippen LogP contribution in [0.1, 0.15) is 16.8 Å². The van der Waals surface area contributed by atoms with Crippen LogP contribution in [0.15, 0.2) is 47.1 Å². The number of hydrogen-bond donors (Lipinski definition) is 0. The van der Waals surface area contributed by atoms with E-state index in [9.17, 15) is 18.0 Å². The van der Waals surface area contributed by atoms with Crippen LogP contribution in [-0.2, 0) is 0 Å². The third-order valence-electron chi connectivity index (χ3n) is 3.75. The van der Waals surface area contributed by atoms with E-state index in [1.54, 1.807) is 18.3 Å². The van der Waals surface area contributed by atoms with Crippen molar-refractivity contribution < 1.29 is 27.4 Å². The maximum Gasteiger partial charge on any atom is 0.573 e. The highest BCUT2D eigenvalue weighted by atomic mass is 79.9. The topological polar surface area (TPSA) is 51.7 Å². The number of aromatic nitrogens is 1. The van der Waals surface area contributed by atoms with E-state index in [-0.39, 0.29) is 17.6 Å². The average Bonchev–Trinajstić information content (AvgIpc) is 3.03. The van der Waals surface area contributed by atoms with Gasteiger partial charge in [-0.15, -0.1) is 13.2 Å². The minimum atomic E-state index is -4.80. The second-order valence-electron chi connectivity index (χ2n) is 5.65. The number of halogens is 4. The summed E-state index contributed by atoms with van der Waals surface area (Å²) in [5.41, 5.74) is 0.131. The largest absolute Gasteiger partial charge is 0.573 e. The number of carbonyl (C=O) groups excluding carboxylic acids is 1. The minimum absolute atomic E-state index is 0.131. The third-order valence-corrected chi connectivity index (χ3v) is 4.35. The normalized spacial score (nSPS) is 17.2. The van der Waals surface area contributed by atoms with Gasteiger partial charge >= 0.3 is 6.36 Å². The molecule has 1 aromatic carbocycles. The van der Waals surface area contributed by atoms with E-state index < -0.39 is 12.1 Å². The summed E-state index contributed by atoms with van der Waals surface area (Å²) in [6.07, 6.45) is -2.83. The molecule has 0 N–H and O–H groups in total. The lowest BCUT2D eigenvalue weighted by molar-refractivity contribution is -0.274. The van der Waals surface area contributed by atoms with Crippen LogP contribution < -0.4 is 9.47 Å². The Morgan fingerprint density at radius 1 is 1.27 bits per heavy atom. The molecule has 138 valence electrons. The zero-order chi connectivity index (χ0) is 18.7. The molecule has 1 saturated heterocycles. The van der Waals surface area contributed by atoms with Crippen LogP contribution in [0, 0.1) is 0 Å². The molecule has 0 saturated carbocycles. The summed E-state index contributed by atoms with van der Waals surface area (Å²) in [5, 5.41) is 0. The first-order chi connectivity index (χ1) is 12.3. The number of hydrogen-bond acceptors (Lipinski definition) is 4. The van der Waals surface area contributed by atoms with E-state index in [0.717, 1.165) is 12.1 Å². The molecule has 26 heavy (non-hydrogen) atoms. The van der Waals surface area contributed by atoms with Crippen molar-refractivity contribution in [3.8, 4) is 11.6 Å². The Kier molecular flexibility index (Phi) is 5.36. The number of nitrogens with zero attached hydrogens (tertiary/aromatic N) is 2. The quantitative estimate of drug-likeness (QED) is 0.734. The van der Waals surface area contributed by atoms with Crippen LogP contribution >= 0.6 is 15.9 Å². The van der Waals surface area contributed by atoms with Gasteiger partial charge in [0.1, 0.15) is 11.9 Å². The average molecular weight is 431 g/mol. The molecular formula is C17H14BrF3N2O3. The fourth-order valence-corrected chi connectivity index (χ4v) is 2.98. The van der Waals surface area contributed by atoms with Gasteiger partial charge in [-0.1, -0.05) is 6.07 Å². The molecule has 1 atom stereocenters. The van der Waals surface area contributed by atoms with Gasteiger partial charge < -0.3 is 14.4 Å². The number of alkyl halides is 3. The first kappa shape index (κ1) is 18.5. The monoisotopic (exact) mass is 430 g/mol. The van der Waals surface area contributed by atoms with E-state index in [1.807, 2.05) is 0 Å². The molecule has 1 unspecified atom stereocenters. The summed E-state index contributed by atoms with van der Waals surface area (Å²) in [6, 6.07) is 8.60. The number of carbonyl (C=O) groups is 1. The Morgan fingerprint density at radius 3 is 2.81 bits per heavy atom. The summed E-state index contributed by atoms with van der Waals surface area (Å²) in [5.74, 6) is -0.357. The van der Waals surface area contributed by atoms with Crippen molar-refractivity contribution in [1.82, 2.24) is 9.88 Å². The summed E-state index contributed by atoms with van der Waals surface area (Å²) in [6.45, 7) is 0.768. The van der Waals surface area contributed by atoms with Crippen molar-refractivity contribution in [2.45, 2.75) is 18.9 Å². The van der Waals surface area contributed by atoms with Gasteiger partial charge in [-0.3, -0.25) is 4.79 Å². The van der Waals surface area contributed by atoms with Crippen LogP contribution in [0.5, 0.6) is 11.6 Å². The van der Waals surface area contributed by atoms with E-state index in [2.05, 4.69) is 25.7 Å². The zero-order valence-corrected chi connectivity index (χ0v) is 15.0. The smallest absolute Gasteiger partial charge is 0.472 e. The number of rotatable bonds is 4. The lowest BCUT2D eigenvalue weighted by Crippen LogP contribution is -2.31. The highest BCUT2D eigenvalue weighted by Gasteiger charge is 2.32. The second kappa shape index (κ2) is 7.53. The molecular weight excluding hydrogens is 417 g/mol. The highest BCUT2D eigenvalue weighted by molar-refractivity contribution is 9.10.